The Morgan fingerprint density at radius 3 is 2.73 bits per heavy atom. The van der Waals surface area contributed by atoms with Crippen LogP contribution in [0.4, 0.5) is 0 Å². The minimum atomic E-state index is -1.08. The van der Waals surface area contributed by atoms with Gasteiger partial charge in [-0.3, -0.25) is 4.79 Å². The van der Waals surface area contributed by atoms with Crippen molar-refractivity contribution in [2.45, 2.75) is 19.1 Å². The zero-order valence-electron chi connectivity index (χ0n) is 11.8. The third kappa shape index (κ3) is 3.13. The molecule has 0 aromatic heterocycles. The number of carboxylic acid groups (broad SMARTS) is 1. The Labute approximate surface area is 128 Å². The number of ether oxygens (including phenoxy) is 1. The second kappa shape index (κ2) is 6.21. The van der Waals surface area contributed by atoms with Gasteiger partial charge in [0.25, 0.3) is 0 Å². The average Bonchev–Trinajstić information content (AvgIpc) is 2.81. The Bertz CT molecular complexity index is 673. The Morgan fingerprint density at radius 2 is 2.00 bits per heavy atom. The van der Waals surface area contributed by atoms with E-state index in [1.54, 1.807) is 18.2 Å². The second-order valence-electron chi connectivity index (χ2n) is 5.14. The van der Waals surface area contributed by atoms with Crippen molar-refractivity contribution in [2.75, 3.05) is 0 Å². The quantitative estimate of drug-likeness (QED) is 0.818. The topological polar surface area (TPSA) is 76.0 Å². The maximum Gasteiger partial charge on any atom is 0.491 e. The number of hydrogen-bond acceptors (Lipinski definition) is 4. The molecule has 0 spiro atoms. The molecular formula is C16H15BO5. The molecule has 5 nitrogen and oxygen atoms in total. The summed E-state index contributed by atoms with van der Waals surface area (Å²) in [6, 6.07) is 14.9. The summed E-state index contributed by atoms with van der Waals surface area (Å²) in [6.07, 6.45) is -0.839. The highest BCUT2D eigenvalue weighted by Gasteiger charge is 2.36. The molecule has 2 N–H and O–H groups in total. The summed E-state index contributed by atoms with van der Waals surface area (Å²) < 4.78 is 11.0. The van der Waals surface area contributed by atoms with Crippen LogP contribution in [0.3, 0.4) is 0 Å². The van der Waals surface area contributed by atoms with Crippen LogP contribution < -0.4 is 10.2 Å². The molecule has 3 rings (SSSR count). The number of carbonyl (C=O) groups is 1. The zero-order chi connectivity index (χ0) is 15.5. The van der Waals surface area contributed by atoms with Crippen LogP contribution in [0.15, 0.2) is 48.5 Å². The monoisotopic (exact) mass is 298 g/mol. The molecule has 1 atom stereocenters. The van der Waals surface area contributed by atoms with Crippen molar-refractivity contribution in [3.05, 3.63) is 59.7 Å². The van der Waals surface area contributed by atoms with E-state index in [9.17, 15) is 9.82 Å². The van der Waals surface area contributed by atoms with Crippen LogP contribution in [0, 0.1) is 0 Å². The Kier molecular flexibility index (Phi) is 4.13. The van der Waals surface area contributed by atoms with Crippen LogP contribution in [0.5, 0.6) is 5.75 Å². The van der Waals surface area contributed by atoms with Crippen molar-refractivity contribution >= 4 is 18.6 Å². The largest absolute Gasteiger partial charge is 0.491 e. The fraction of sp³-hybridized carbons (Fsp3) is 0.188. The van der Waals surface area contributed by atoms with Crippen LogP contribution in [-0.4, -0.2) is 23.2 Å². The van der Waals surface area contributed by atoms with Crippen LogP contribution in [-0.2, 0) is 16.1 Å². The van der Waals surface area contributed by atoms with E-state index in [0.717, 1.165) is 5.56 Å². The average molecular weight is 298 g/mol. The van der Waals surface area contributed by atoms with E-state index in [4.69, 9.17) is 14.5 Å². The molecule has 0 amide bonds. The molecule has 6 heteroatoms. The van der Waals surface area contributed by atoms with Crippen molar-refractivity contribution in [2.24, 2.45) is 0 Å². The summed E-state index contributed by atoms with van der Waals surface area (Å²) in [4.78, 5) is 10.9. The van der Waals surface area contributed by atoms with Gasteiger partial charge in [0.2, 0.25) is 0 Å². The number of hydrogen-bond donors (Lipinski definition) is 2. The molecule has 0 aliphatic carbocycles. The standard InChI is InChI=1S/C16H15BO5/c18-16(19)9-15-13-8-12(6-7-14(13)17(20)22-15)21-10-11-4-2-1-3-5-11/h1-8,15,20H,9-10H2,(H,18,19). The molecule has 1 unspecified atom stereocenters. The van der Waals surface area contributed by atoms with Gasteiger partial charge in [-0.2, -0.15) is 0 Å². The highest BCUT2D eigenvalue weighted by atomic mass is 16.5. The lowest BCUT2D eigenvalue weighted by Crippen LogP contribution is -2.27. The molecular weight excluding hydrogens is 283 g/mol. The lowest BCUT2D eigenvalue weighted by atomic mass is 9.79. The van der Waals surface area contributed by atoms with Gasteiger partial charge in [-0.25, -0.2) is 0 Å². The molecule has 22 heavy (non-hydrogen) atoms. The number of rotatable bonds is 5. The predicted octanol–water partition coefficient (Wildman–Crippen LogP) is 1.50. The van der Waals surface area contributed by atoms with Crippen molar-refractivity contribution in [3.8, 4) is 5.75 Å². The van der Waals surface area contributed by atoms with Gasteiger partial charge in [0.1, 0.15) is 12.4 Å². The van der Waals surface area contributed by atoms with Gasteiger partial charge in [0, 0.05) is 0 Å². The first-order chi connectivity index (χ1) is 10.6. The minimum absolute atomic E-state index is 0.188. The maximum atomic E-state index is 10.9. The fourth-order valence-electron chi connectivity index (χ4n) is 2.51. The van der Waals surface area contributed by atoms with E-state index in [1.807, 2.05) is 30.3 Å². The third-order valence-corrected chi connectivity index (χ3v) is 3.57. The second-order valence-corrected chi connectivity index (χ2v) is 5.14. The first-order valence-electron chi connectivity index (χ1n) is 6.99. The summed E-state index contributed by atoms with van der Waals surface area (Å²) in [5, 5.41) is 18.7. The van der Waals surface area contributed by atoms with Crippen molar-refractivity contribution in [3.63, 3.8) is 0 Å². The van der Waals surface area contributed by atoms with E-state index >= 15 is 0 Å². The molecule has 1 aliphatic heterocycles. The predicted molar refractivity (Wildman–Crippen MR) is 80.9 cm³/mol. The van der Waals surface area contributed by atoms with Gasteiger partial charge < -0.3 is 19.5 Å². The zero-order valence-corrected chi connectivity index (χ0v) is 11.8. The lowest BCUT2D eigenvalue weighted by molar-refractivity contribution is -0.138. The van der Waals surface area contributed by atoms with E-state index in [2.05, 4.69) is 0 Å². The van der Waals surface area contributed by atoms with Crippen LogP contribution in [0.2, 0.25) is 0 Å². The van der Waals surface area contributed by atoms with Gasteiger partial charge in [0.05, 0.1) is 12.5 Å². The van der Waals surface area contributed by atoms with E-state index < -0.39 is 19.2 Å². The Hall–Kier alpha value is -2.31. The molecule has 112 valence electrons. The molecule has 0 saturated heterocycles. The molecule has 0 radical (unpaired) electrons. The molecule has 2 aromatic rings. The van der Waals surface area contributed by atoms with Crippen LogP contribution in [0.25, 0.3) is 0 Å². The summed E-state index contributed by atoms with van der Waals surface area (Å²) in [6.45, 7) is 0.423. The summed E-state index contributed by atoms with van der Waals surface area (Å²) in [7, 11) is -1.08. The summed E-state index contributed by atoms with van der Waals surface area (Å²) in [5.74, 6) is -0.351. The summed E-state index contributed by atoms with van der Waals surface area (Å²) in [5.41, 5.74) is 2.31. The van der Waals surface area contributed by atoms with E-state index in [1.165, 1.54) is 0 Å². The Morgan fingerprint density at radius 1 is 1.23 bits per heavy atom. The van der Waals surface area contributed by atoms with Crippen molar-refractivity contribution in [1.82, 2.24) is 0 Å². The normalized spacial score (nSPS) is 16.4. The molecule has 0 fully saturated rings. The highest BCUT2D eigenvalue weighted by molar-refractivity contribution is 6.61. The van der Waals surface area contributed by atoms with Gasteiger partial charge >= 0.3 is 13.1 Å². The van der Waals surface area contributed by atoms with Gasteiger partial charge in [-0.15, -0.1) is 0 Å². The van der Waals surface area contributed by atoms with Crippen molar-refractivity contribution < 1.29 is 24.3 Å². The number of benzene rings is 2. The van der Waals surface area contributed by atoms with Gasteiger partial charge in [0.15, 0.2) is 0 Å². The molecule has 2 aromatic carbocycles. The minimum Gasteiger partial charge on any atom is -0.489 e. The first kappa shape index (κ1) is 14.6. The summed E-state index contributed by atoms with van der Waals surface area (Å²) >= 11 is 0. The van der Waals surface area contributed by atoms with Crippen molar-refractivity contribution in [1.29, 1.82) is 0 Å². The van der Waals surface area contributed by atoms with Crippen LogP contribution >= 0.6 is 0 Å². The highest BCUT2D eigenvalue weighted by Crippen LogP contribution is 2.29. The van der Waals surface area contributed by atoms with Gasteiger partial charge in [-0.05, 0) is 28.7 Å². The third-order valence-electron chi connectivity index (χ3n) is 3.57. The first-order valence-corrected chi connectivity index (χ1v) is 6.99. The molecule has 0 bridgehead atoms. The Balaban J connectivity index is 1.76. The molecule has 1 heterocycles. The SMILES string of the molecule is O=C(O)CC1OB(O)c2ccc(OCc3ccccc3)cc21. The molecule has 1 aliphatic rings. The van der Waals surface area contributed by atoms with E-state index in [0.29, 0.717) is 23.4 Å². The number of fused-ring (bicyclic) bond motifs is 1. The van der Waals surface area contributed by atoms with Gasteiger partial charge in [-0.1, -0.05) is 36.4 Å². The lowest BCUT2D eigenvalue weighted by Gasteiger charge is -2.11. The number of aliphatic carboxylic acids is 1. The molecule has 0 saturated carbocycles. The smallest absolute Gasteiger partial charge is 0.489 e. The van der Waals surface area contributed by atoms with E-state index in [-0.39, 0.29) is 6.42 Å². The van der Waals surface area contributed by atoms with Crippen LogP contribution in [0.1, 0.15) is 23.7 Å². The fourth-order valence-corrected chi connectivity index (χ4v) is 2.51. The maximum absolute atomic E-state index is 10.9. The number of carboxylic acids is 1.